The normalized spacial score (nSPS) is 15.7. The molecular formula is C5H10N3O5-. The van der Waals surface area contributed by atoms with Crippen LogP contribution < -0.4 is 0 Å². The summed E-state index contributed by atoms with van der Waals surface area (Å²) in [5.74, 6) is 0. The predicted octanol–water partition coefficient (Wildman–Crippen LogP) is -1.87. The van der Waals surface area contributed by atoms with Crippen molar-refractivity contribution in [2.45, 2.75) is 18.3 Å². The van der Waals surface area contributed by atoms with E-state index in [0.717, 1.165) is 0 Å². The Balaban J connectivity index is 0. The number of aliphatic hydroxyl groups is 4. The number of carbonyl (C=O) groups is 1. The molecule has 76 valence electrons. The third-order valence-electron chi connectivity index (χ3n) is 1.07. The van der Waals surface area contributed by atoms with Crippen molar-refractivity contribution in [3.8, 4) is 0 Å². The lowest BCUT2D eigenvalue weighted by Crippen LogP contribution is -2.40. The smallest absolute Gasteiger partial charge is 0.151 e. The van der Waals surface area contributed by atoms with Crippen molar-refractivity contribution in [3.05, 3.63) is 16.0 Å². The average Bonchev–Trinajstić information content (AvgIpc) is 2.15. The molecule has 8 nitrogen and oxygen atoms in total. The Morgan fingerprint density at radius 2 is 1.69 bits per heavy atom. The molecule has 13 heavy (non-hydrogen) atoms. The minimum absolute atomic E-state index is 0.0869. The van der Waals surface area contributed by atoms with Crippen LogP contribution >= 0.6 is 0 Å². The van der Waals surface area contributed by atoms with E-state index in [1.807, 2.05) is 0 Å². The van der Waals surface area contributed by atoms with Crippen molar-refractivity contribution in [2.75, 3.05) is 6.61 Å². The maximum Gasteiger partial charge on any atom is 0.151 e. The first-order valence-electron chi connectivity index (χ1n) is 3.13. The lowest BCUT2D eigenvalue weighted by atomic mass is 10.1. The monoisotopic (exact) mass is 192 g/mol. The minimum Gasteiger partial charge on any atom is -0.394 e. The number of hydrogen-bond donors (Lipinski definition) is 4. The third-order valence-corrected chi connectivity index (χ3v) is 1.07. The molecule has 4 N–H and O–H groups in total. The molecule has 0 aliphatic carbocycles. The van der Waals surface area contributed by atoms with E-state index >= 15 is 0 Å². The van der Waals surface area contributed by atoms with Gasteiger partial charge in [-0.1, -0.05) is 0 Å². The van der Waals surface area contributed by atoms with E-state index in [0.29, 0.717) is 0 Å². The summed E-state index contributed by atoms with van der Waals surface area (Å²) in [7, 11) is 0. The summed E-state index contributed by atoms with van der Waals surface area (Å²) in [4.78, 5) is 11.3. The summed E-state index contributed by atoms with van der Waals surface area (Å²) in [6.07, 6.45) is -4.63. The molecule has 0 unspecified atom stereocenters. The fraction of sp³-hybridized carbons (Fsp3) is 0.800. The Bertz CT molecular complexity index is 170. The topological polar surface area (TPSA) is 157 Å². The van der Waals surface area contributed by atoms with Crippen LogP contribution in [0, 0.1) is 0 Å². The Labute approximate surface area is 73.5 Å². The second-order valence-corrected chi connectivity index (χ2v) is 1.96. The van der Waals surface area contributed by atoms with Crippen molar-refractivity contribution in [2.24, 2.45) is 0 Å². The van der Waals surface area contributed by atoms with Gasteiger partial charge < -0.3 is 36.3 Å². The lowest BCUT2D eigenvalue weighted by molar-refractivity contribution is -0.127. The summed E-state index contributed by atoms with van der Waals surface area (Å²) < 4.78 is 0. The van der Waals surface area contributed by atoms with Gasteiger partial charge in [0.2, 0.25) is 0 Å². The number of rotatable bonds is 4. The summed E-state index contributed by atoms with van der Waals surface area (Å²) in [5.41, 5.74) is 13.5. The molecule has 0 radical (unpaired) electrons. The Morgan fingerprint density at radius 1 is 1.31 bits per heavy atom. The van der Waals surface area contributed by atoms with E-state index in [4.69, 9.17) is 31.5 Å². The van der Waals surface area contributed by atoms with Gasteiger partial charge in [0.05, 0.1) is 6.61 Å². The fourth-order valence-electron chi connectivity index (χ4n) is 0.416. The van der Waals surface area contributed by atoms with Crippen LogP contribution in [0.15, 0.2) is 0 Å². The van der Waals surface area contributed by atoms with Gasteiger partial charge in [0, 0.05) is 0 Å². The number of hydrogen-bond acceptors (Lipinski definition) is 5. The standard InChI is InChI=1S/C5H10O5.N3/c6-1-3(8)5(10)4(9)2-7;1-3-2/h1,3-5,7-10H,2H2;/q;-1/t3-,4+,5+;/m0./s1. The first kappa shape index (κ1) is 14.3. The molecule has 0 aliphatic heterocycles. The second kappa shape index (κ2) is 8.91. The van der Waals surface area contributed by atoms with Crippen LogP contribution in [0.3, 0.4) is 0 Å². The van der Waals surface area contributed by atoms with Gasteiger partial charge in [-0.25, -0.2) is 0 Å². The molecule has 0 bridgehead atoms. The zero-order chi connectivity index (χ0) is 10.9. The van der Waals surface area contributed by atoms with Gasteiger partial charge >= 0.3 is 0 Å². The van der Waals surface area contributed by atoms with Gasteiger partial charge in [-0.2, -0.15) is 0 Å². The zero-order valence-electron chi connectivity index (χ0n) is 6.56. The quantitative estimate of drug-likeness (QED) is 0.177. The Kier molecular flexibility index (Phi) is 9.84. The van der Waals surface area contributed by atoms with Crippen molar-refractivity contribution >= 4 is 6.29 Å². The maximum absolute atomic E-state index is 9.76. The highest BCUT2D eigenvalue weighted by atomic mass is 16.4. The summed E-state index contributed by atoms with van der Waals surface area (Å²) >= 11 is 0. The highest BCUT2D eigenvalue weighted by molar-refractivity contribution is 5.56. The predicted molar refractivity (Wildman–Crippen MR) is 41.2 cm³/mol. The van der Waals surface area contributed by atoms with Crippen molar-refractivity contribution in [1.29, 1.82) is 0 Å². The molecule has 3 atom stereocenters. The first-order chi connectivity index (χ1) is 6.04. The molecule has 0 heterocycles. The molecule has 0 aromatic rings. The largest absolute Gasteiger partial charge is 0.394 e. The van der Waals surface area contributed by atoms with Crippen LogP contribution in [0.5, 0.6) is 0 Å². The molecule has 0 aliphatic rings. The lowest BCUT2D eigenvalue weighted by Gasteiger charge is -2.16. The summed E-state index contributed by atoms with van der Waals surface area (Å²) in [6, 6.07) is 0. The van der Waals surface area contributed by atoms with Crippen LogP contribution in [0.2, 0.25) is 0 Å². The number of carbonyl (C=O) groups excluding carboxylic acids is 1. The number of aldehydes is 1. The molecular weight excluding hydrogens is 182 g/mol. The van der Waals surface area contributed by atoms with E-state index < -0.39 is 24.9 Å². The molecule has 0 aromatic heterocycles. The Hall–Kier alpha value is -1.18. The van der Waals surface area contributed by atoms with E-state index in [1.165, 1.54) is 4.91 Å². The molecule has 0 rings (SSSR count). The summed E-state index contributed by atoms with van der Waals surface area (Å²) in [6.45, 7) is -0.688. The molecule has 0 fully saturated rings. The summed E-state index contributed by atoms with van der Waals surface area (Å²) in [5, 5.41) is 34.1. The molecule has 0 saturated heterocycles. The van der Waals surface area contributed by atoms with Crippen molar-refractivity contribution in [1.82, 2.24) is 0 Å². The molecule has 0 saturated carbocycles. The minimum atomic E-state index is -1.64. The van der Waals surface area contributed by atoms with Crippen LogP contribution in [0.4, 0.5) is 0 Å². The first-order valence-corrected chi connectivity index (χ1v) is 3.13. The second-order valence-electron chi connectivity index (χ2n) is 1.96. The molecule has 0 amide bonds. The van der Waals surface area contributed by atoms with Gasteiger partial charge in [-0.15, -0.1) is 0 Å². The highest BCUT2D eigenvalue weighted by Gasteiger charge is 2.22. The van der Waals surface area contributed by atoms with Crippen LogP contribution in [-0.2, 0) is 4.79 Å². The van der Waals surface area contributed by atoms with Crippen LogP contribution in [0.1, 0.15) is 0 Å². The van der Waals surface area contributed by atoms with Gasteiger partial charge in [0.15, 0.2) is 6.29 Å². The fourth-order valence-corrected chi connectivity index (χ4v) is 0.416. The van der Waals surface area contributed by atoms with Crippen molar-refractivity contribution < 1.29 is 25.2 Å². The van der Waals surface area contributed by atoms with E-state index in [2.05, 4.69) is 0 Å². The van der Waals surface area contributed by atoms with E-state index in [-0.39, 0.29) is 6.29 Å². The number of nitrogens with zero attached hydrogens (tertiary/aromatic N) is 3. The van der Waals surface area contributed by atoms with E-state index in [1.54, 1.807) is 0 Å². The van der Waals surface area contributed by atoms with Gasteiger partial charge in [-0.05, 0) is 0 Å². The number of aliphatic hydroxyl groups excluding tert-OH is 4. The van der Waals surface area contributed by atoms with Crippen molar-refractivity contribution in [3.63, 3.8) is 0 Å². The van der Waals surface area contributed by atoms with Gasteiger partial charge in [-0.3, -0.25) is 4.91 Å². The van der Waals surface area contributed by atoms with E-state index in [9.17, 15) is 4.79 Å². The van der Waals surface area contributed by atoms with Crippen LogP contribution in [-0.4, -0.2) is 51.6 Å². The molecule has 0 spiro atoms. The highest BCUT2D eigenvalue weighted by Crippen LogP contribution is 1.96. The SMILES string of the molecule is O=C[C@H](O)[C@@H](O)[C@H](O)CO.[N-]=[N+]=[N-]. The molecule has 8 heteroatoms. The molecule has 0 aromatic carbocycles. The zero-order valence-corrected chi connectivity index (χ0v) is 6.56. The van der Waals surface area contributed by atoms with Gasteiger partial charge in [0.1, 0.15) is 18.3 Å². The van der Waals surface area contributed by atoms with Gasteiger partial charge in [0.25, 0.3) is 0 Å². The Morgan fingerprint density at radius 3 is 1.92 bits per heavy atom. The van der Waals surface area contributed by atoms with Crippen LogP contribution in [0.25, 0.3) is 16.0 Å². The third kappa shape index (κ3) is 7.19. The maximum atomic E-state index is 9.76. The average molecular weight is 192 g/mol.